The van der Waals surface area contributed by atoms with Crippen LogP contribution in [0.25, 0.3) is 0 Å². The van der Waals surface area contributed by atoms with Crippen LogP contribution >= 0.6 is 11.8 Å². The lowest BCUT2D eigenvalue weighted by molar-refractivity contribution is -0.137. The zero-order chi connectivity index (χ0) is 22.4. The van der Waals surface area contributed by atoms with Crippen molar-refractivity contribution < 1.29 is 26.4 Å². The van der Waals surface area contributed by atoms with Crippen LogP contribution < -0.4 is 5.56 Å². The number of hydrogen-bond acceptors (Lipinski definition) is 6. The number of piperazine rings is 1. The molecular formula is C18H17F3N4O4S2. The summed E-state index contributed by atoms with van der Waals surface area (Å²) in [6.45, 7) is 0.287. The Morgan fingerprint density at radius 2 is 1.81 bits per heavy atom. The van der Waals surface area contributed by atoms with Crippen LogP contribution in [0.1, 0.15) is 15.9 Å². The Bertz CT molecular complexity index is 1190. The maximum atomic E-state index is 12.9. The lowest BCUT2D eigenvalue weighted by Gasteiger charge is -2.34. The summed E-state index contributed by atoms with van der Waals surface area (Å²) in [6.07, 6.45) is -3.42. The summed E-state index contributed by atoms with van der Waals surface area (Å²) in [5, 5.41) is 0.554. The maximum Gasteiger partial charge on any atom is 0.416 e. The Labute approximate surface area is 179 Å². The SMILES string of the molecule is O=C(c1cnc2n(c1=O)CCS2)N1CCN(S(=O)(=O)c2cccc(C(F)(F)F)c2)CC1. The van der Waals surface area contributed by atoms with Crippen molar-refractivity contribution in [1.82, 2.24) is 18.8 Å². The zero-order valence-corrected chi connectivity index (χ0v) is 17.6. The lowest BCUT2D eigenvalue weighted by Crippen LogP contribution is -2.51. The fraction of sp³-hybridized carbons (Fsp3) is 0.389. The second-order valence-corrected chi connectivity index (χ2v) is 9.98. The van der Waals surface area contributed by atoms with Crippen LogP contribution in [0.3, 0.4) is 0 Å². The van der Waals surface area contributed by atoms with Crippen molar-refractivity contribution in [3.05, 3.63) is 51.9 Å². The monoisotopic (exact) mass is 474 g/mol. The van der Waals surface area contributed by atoms with Crippen molar-refractivity contribution in [2.75, 3.05) is 31.9 Å². The molecule has 31 heavy (non-hydrogen) atoms. The first kappa shape index (κ1) is 21.8. The number of nitrogens with zero attached hydrogens (tertiary/aromatic N) is 4. The molecule has 1 aromatic carbocycles. The number of thioether (sulfide) groups is 1. The summed E-state index contributed by atoms with van der Waals surface area (Å²) >= 11 is 1.42. The van der Waals surface area contributed by atoms with Crippen molar-refractivity contribution in [3.63, 3.8) is 0 Å². The van der Waals surface area contributed by atoms with Crippen LogP contribution in [0, 0.1) is 0 Å². The predicted octanol–water partition coefficient (Wildman–Crippen LogP) is 1.51. The average molecular weight is 474 g/mol. The number of amides is 1. The van der Waals surface area contributed by atoms with Gasteiger partial charge in [0.1, 0.15) is 5.56 Å². The van der Waals surface area contributed by atoms with Gasteiger partial charge in [0.2, 0.25) is 10.0 Å². The van der Waals surface area contributed by atoms with E-state index in [0.29, 0.717) is 23.5 Å². The highest BCUT2D eigenvalue weighted by Crippen LogP contribution is 2.31. The molecule has 13 heteroatoms. The zero-order valence-electron chi connectivity index (χ0n) is 16.0. The standard InChI is InChI=1S/C18H17F3N4O4S2/c19-18(20,21)12-2-1-3-13(10-12)31(28,29)24-6-4-23(5-7-24)15(26)14-11-22-17-25(16(14)27)8-9-30-17/h1-3,10-11H,4-9H2. The number of halogens is 3. The van der Waals surface area contributed by atoms with E-state index in [1.54, 1.807) is 0 Å². The number of rotatable bonds is 3. The molecule has 4 rings (SSSR count). The molecule has 0 saturated carbocycles. The molecule has 166 valence electrons. The van der Waals surface area contributed by atoms with Gasteiger partial charge in [0.25, 0.3) is 11.5 Å². The Hall–Kier alpha value is -2.38. The molecule has 2 aromatic rings. The first-order valence-corrected chi connectivity index (χ1v) is 11.7. The molecule has 0 radical (unpaired) electrons. The van der Waals surface area contributed by atoms with Gasteiger partial charge in [-0.1, -0.05) is 17.8 Å². The smallest absolute Gasteiger partial charge is 0.336 e. The quantitative estimate of drug-likeness (QED) is 0.627. The summed E-state index contributed by atoms with van der Waals surface area (Å²) in [4.78, 5) is 30.3. The third-order valence-electron chi connectivity index (χ3n) is 5.11. The summed E-state index contributed by atoms with van der Waals surface area (Å²) in [7, 11) is -4.16. The first-order chi connectivity index (χ1) is 14.6. The Kier molecular flexibility index (Phi) is 5.60. The van der Waals surface area contributed by atoms with Crippen molar-refractivity contribution in [2.24, 2.45) is 0 Å². The van der Waals surface area contributed by atoms with Gasteiger partial charge in [-0.25, -0.2) is 13.4 Å². The van der Waals surface area contributed by atoms with E-state index in [0.717, 1.165) is 22.5 Å². The van der Waals surface area contributed by atoms with Crippen LogP contribution in [-0.2, 0) is 22.7 Å². The molecule has 0 unspecified atom stereocenters. The highest BCUT2D eigenvalue weighted by atomic mass is 32.2. The molecule has 0 spiro atoms. The van der Waals surface area contributed by atoms with Gasteiger partial charge in [-0.15, -0.1) is 0 Å². The Morgan fingerprint density at radius 1 is 1.10 bits per heavy atom. The number of fused-ring (bicyclic) bond motifs is 1. The maximum absolute atomic E-state index is 12.9. The molecule has 1 fully saturated rings. The molecule has 2 aliphatic rings. The van der Waals surface area contributed by atoms with E-state index >= 15 is 0 Å². The van der Waals surface area contributed by atoms with Crippen LogP contribution in [0.2, 0.25) is 0 Å². The largest absolute Gasteiger partial charge is 0.416 e. The van der Waals surface area contributed by atoms with E-state index < -0.39 is 38.1 Å². The van der Waals surface area contributed by atoms with Gasteiger partial charge >= 0.3 is 6.18 Å². The van der Waals surface area contributed by atoms with E-state index in [4.69, 9.17) is 0 Å². The van der Waals surface area contributed by atoms with Gasteiger partial charge < -0.3 is 4.90 Å². The van der Waals surface area contributed by atoms with Gasteiger partial charge in [-0.05, 0) is 18.2 Å². The average Bonchev–Trinajstić information content (AvgIpc) is 3.23. The van der Waals surface area contributed by atoms with Gasteiger partial charge in [0.15, 0.2) is 5.16 Å². The Balaban J connectivity index is 1.49. The number of carbonyl (C=O) groups is 1. The third kappa shape index (κ3) is 4.08. The molecule has 1 saturated heterocycles. The van der Waals surface area contributed by atoms with Gasteiger partial charge in [0.05, 0.1) is 10.5 Å². The summed E-state index contributed by atoms with van der Waals surface area (Å²) in [5.74, 6) is 0.159. The van der Waals surface area contributed by atoms with Crippen LogP contribution in [0.4, 0.5) is 13.2 Å². The van der Waals surface area contributed by atoms with Crippen LogP contribution in [0.5, 0.6) is 0 Å². The van der Waals surface area contributed by atoms with Crippen LogP contribution in [0.15, 0.2) is 45.3 Å². The van der Waals surface area contributed by atoms with E-state index in [-0.39, 0.29) is 31.7 Å². The van der Waals surface area contributed by atoms with Crippen molar-refractivity contribution in [2.45, 2.75) is 22.8 Å². The summed E-state index contributed by atoms with van der Waals surface area (Å²) in [5.41, 5.74) is -1.57. The van der Waals surface area contributed by atoms with Gasteiger partial charge in [-0.3, -0.25) is 14.2 Å². The van der Waals surface area contributed by atoms with E-state index in [1.807, 2.05) is 0 Å². The highest BCUT2D eigenvalue weighted by Gasteiger charge is 2.35. The number of hydrogen-bond donors (Lipinski definition) is 0. The minimum absolute atomic E-state index is 0.00691. The number of benzene rings is 1. The molecule has 0 N–H and O–H groups in total. The van der Waals surface area contributed by atoms with E-state index in [1.165, 1.54) is 27.4 Å². The fourth-order valence-electron chi connectivity index (χ4n) is 3.45. The lowest BCUT2D eigenvalue weighted by atomic mass is 10.2. The molecule has 1 amide bonds. The molecule has 2 aliphatic heterocycles. The fourth-order valence-corrected chi connectivity index (χ4v) is 5.83. The molecule has 3 heterocycles. The first-order valence-electron chi connectivity index (χ1n) is 9.28. The normalized spacial score (nSPS) is 17.6. The van der Waals surface area contributed by atoms with Gasteiger partial charge in [-0.2, -0.15) is 17.5 Å². The molecule has 0 aliphatic carbocycles. The Morgan fingerprint density at radius 3 is 2.48 bits per heavy atom. The van der Waals surface area contributed by atoms with E-state index in [9.17, 15) is 31.2 Å². The minimum Gasteiger partial charge on any atom is -0.336 e. The predicted molar refractivity (Wildman–Crippen MR) is 105 cm³/mol. The highest BCUT2D eigenvalue weighted by molar-refractivity contribution is 7.99. The van der Waals surface area contributed by atoms with Gasteiger partial charge in [0, 0.05) is 44.7 Å². The van der Waals surface area contributed by atoms with Crippen molar-refractivity contribution in [3.8, 4) is 0 Å². The molecule has 1 aromatic heterocycles. The second-order valence-electron chi connectivity index (χ2n) is 6.98. The molecule has 0 atom stereocenters. The number of alkyl halides is 3. The summed E-state index contributed by atoms with van der Waals surface area (Å²) in [6, 6.07) is 3.55. The van der Waals surface area contributed by atoms with Crippen molar-refractivity contribution >= 4 is 27.7 Å². The van der Waals surface area contributed by atoms with E-state index in [2.05, 4.69) is 4.98 Å². The molecule has 8 nitrogen and oxygen atoms in total. The van der Waals surface area contributed by atoms with Crippen molar-refractivity contribution in [1.29, 1.82) is 0 Å². The topological polar surface area (TPSA) is 92.6 Å². The summed E-state index contributed by atoms with van der Waals surface area (Å²) < 4.78 is 66.8. The third-order valence-corrected chi connectivity index (χ3v) is 7.98. The number of sulfonamides is 1. The molecule has 0 bridgehead atoms. The number of carbonyl (C=O) groups excluding carboxylic acids is 1. The second kappa shape index (κ2) is 7.95. The minimum atomic E-state index is -4.66. The van der Waals surface area contributed by atoms with Crippen LogP contribution in [-0.4, -0.2) is 65.0 Å². The molecular weight excluding hydrogens is 457 g/mol. The number of aromatic nitrogens is 2.